The molecule has 0 bridgehead atoms. The molecule has 0 unspecified atom stereocenters. The first-order valence-electron chi connectivity index (χ1n) is 10.4. The molecule has 0 atom stereocenters. The van der Waals surface area contributed by atoms with E-state index in [0.29, 0.717) is 36.9 Å². The van der Waals surface area contributed by atoms with Crippen molar-refractivity contribution in [3.05, 3.63) is 35.2 Å². The van der Waals surface area contributed by atoms with E-state index in [1.54, 1.807) is 6.92 Å². The Balaban J connectivity index is 2.10. The molecule has 1 aliphatic carbocycles. The maximum Gasteiger partial charge on any atom is 0.417 e. The van der Waals surface area contributed by atoms with E-state index in [9.17, 15) is 30.0 Å². The van der Waals surface area contributed by atoms with Gasteiger partial charge in [-0.1, -0.05) is 6.07 Å². The Morgan fingerprint density at radius 2 is 1.74 bits per heavy atom. The Bertz CT molecular complexity index is 1290. The van der Waals surface area contributed by atoms with E-state index < -0.39 is 42.6 Å². The van der Waals surface area contributed by atoms with Gasteiger partial charge >= 0.3 is 6.18 Å². The Hall–Kier alpha value is -2.29. The molecule has 0 spiro atoms. The topological polar surface area (TPSA) is 158 Å². The summed E-state index contributed by atoms with van der Waals surface area (Å²) in [5, 5.41) is 5.22. The van der Waals surface area contributed by atoms with Crippen molar-refractivity contribution < 1.29 is 30.0 Å². The van der Waals surface area contributed by atoms with Gasteiger partial charge in [-0.05, 0) is 61.6 Å². The molecule has 14 heteroatoms. The van der Waals surface area contributed by atoms with Crippen LogP contribution in [0.15, 0.2) is 23.2 Å². The van der Waals surface area contributed by atoms with Gasteiger partial charge in [-0.2, -0.15) is 13.2 Å². The fourth-order valence-electron chi connectivity index (χ4n) is 4.36. The SMILES string of the molecule is Cc1nc(N)ncc1-c1cc(C2CCC(CNS(C)(=O)=O)CC2)c(C(F)(F)F)c(S(N)(=O)=O)c1. The number of anilines is 1. The summed E-state index contributed by atoms with van der Waals surface area (Å²) in [4.78, 5) is 6.88. The summed E-state index contributed by atoms with van der Waals surface area (Å²) in [6.07, 6.45) is -1.00. The lowest BCUT2D eigenvalue weighted by molar-refractivity contribution is -0.140. The number of nitrogens with zero attached hydrogens (tertiary/aromatic N) is 2. The van der Waals surface area contributed by atoms with Crippen LogP contribution in [0, 0.1) is 12.8 Å². The predicted molar refractivity (Wildman–Crippen MR) is 121 cm³/mol. The van der Waals surface area contributed by atoms with Gasteiger partial charge in [0, 0.05) is 18.3 Å². The Morgan fingerprint density at radius 3 is 2.24 bits per heavy atom. The Kier molecular flexibility index (Phi) is 7.27. The highest BCUT2D eigenvalue weighted by Gasteiger charge is 2.41. The van der Waals surface area contributed by atoms with E-state index in [2.05, 4.69) is 14.7 Å². The minimum absolute atomic E-state index is 0.0268. The number of aryl methyl sites for hydroxylation is 1. The van der Waals surface area contributed by atoms with Crippen molar-refractivity contribution in [1.29, 1.82) is 0 Å². The molecule has 1 saturated carbocycles. The smallest absolute Gasteiger partial charge is 0.368 e. The summed E-state index contributed by atoms with van der Waals surface area (Å²) < 4.78 is 92.1. The highest BCUT2D eigenvalue weighted by Crippen LogP contribution is 2.46. The normalized spacial score (nSPS) is 19.8. The third-order valence-corrected chi connectivity index (χ3v) is 7.58. The van der Waals surface area contributed by atoms with Crippen molar-refractivity contribution in [2.24, 2.45) is 11.1 Å². The summed E-state index contributed by atoms with van der Waals surface area (Å²) in [5.41, 5.74) is 5.02. The minimum Gasteiger partial charge on any atom is -0.368 e. The molecule has 1 fully saturated rings. The van der Waals surface area contributed by atoms with Gasteiger partial charge < -0.3 is 5.73 Å². The molecule has 2 aromatic rings. The van der Waals surface area contributed by atoms with Crippen LogP contribution in [0.4, 0.5) is 19.1 Å². The largest absolute Gasteiger partial charge is 0.417 e. The fraction of sp³-hybridized carbons (Fsp3) is 0.500. The second-order valence-corrected chi connectivity index (χ2v) is 11.9. The van der Waals surface area contributed by atoms with Crippen LogP contribution >= 0.6 is 0 Å². The Morgan fingerprint density at radius 1 is 1.12 bits per heavy atom. The summed E-state index contributed by atoms with van der Waals surface area (Å²) in [7, 11) is -8.11. The van der Waals surface area contributed by atoms with Gasteiger partial charge in [0.25, 0.3) is 0 Å². The van der Waals surface area contributed by atoms with Crippen LogP contribution in [0.2, 0.25) is 0 Å². The number of aromatic nitrogens is 2. The van der Waals surface area contributed by atoms with Gasteiger partial charge in [0.05, 0.1) is 22.4 Å². The lowest BCUT2D eigenvalue weighted by Crippen LogP contribution is -2.30. The predicted octanol–water partition coefficient (Wildman–Crippen LogP) is 2.52. The molecule has 1 aliphatic rings. The van der Waals surface area contributed by atoms with Crippen LogP contribution < -0.4 is 15.6 Å². The van der Waals surface area contributed by atoms with Crippen LogP contribution in [0.1, 0.15) is 48.4 Å². The third kappa shape index (κ3) is 6.23. The molecule has 0 saturated heterocycles. The van der Waals surface area contributed by atoms with Crippen molar-refractivity contribution in [2.75, 3.05) is 18.5 Å². The first-order chi connectivity index (χ1) is 15.6. The monoisotopic (exact) mass is 521 g/mol. The first kappa shape index (κ1) is 26.3. The summed E-state index contributed by atoms with van der Waals surface area (Å²) in [5.74, 6) is -0.656. The molecular weight excluding hydrogens is 495 g/mol. The second kappa shape index (κ2) is 9.40. The van der Waals surface area contributed by atoms with Crippen LogP contribution in [-0.2, 0) is 26.2 Å². The van der Waals surface area contributed by atoms with E-state index >= 15 is 0 Å². The number of sulfonamides is 2. The Labute approximate surface area is 196 Å². The van der Waals surface area contributed by atoms with Crippen molar-refractivity contribution in [1.82, 2.24) is 14.7 Å². The lowest BCUT2D eigenvalue weighted by Gasteiger charge is -2.31. The second-order valence-electron chi connectivity index (χ2n) is 8.55. The highest BCUT2D eigenvalue weighted by atomic mass is 32.2. The van der Waals surface area contributed by atoms with Gasteiger partial charge in [-0.15, -0.1) is 0 Å². The molecule has 1 aromatic carbocycles. The number of hydrogen-bond donors (Lipinski definition) is 3. The number of nitrogens with one attached hydrogen (secondary N) is 1. The summed E-state index contributed by atoms with van der Waals surface area (Å²) >= 11 is 0. The maximum atomic E-state index is 14.2. The van der Waals surface area contributed by atoms with Gasteiger partial charge in [-0.3, -0.25) is 0 Å². The molecule has 1 aromatic heterocycles. The van der Waals surface area contributed by atoms with Crippen LogP contribution in [-0.4, -0.2) is 39.6 Å². The van der Waals surface area contributed by atoms with Gasteiger partial charge in [0.15, 0.2) is 0 Å². The standard InChI is InChI=1S/C20H26F3N5O4S2/c1-11-16(10-26-19(24)28-11)14-7-15(18(20(21,22)23)17(8-14)34(25,31)32)13-5-3-12(4-6-13)9-27-33(2,29)30/h7-8,10,12-13,27H,3-6,9H2,1-2H3,(H2,24,26,28)(H2,25,31,32). The molecule has 34 heavy (non-hydrogen) atoms. The number of benzene rings is 1. The molecule has 0 aliphatic heterocycles. The number of hydrogen-bond acceptors (Lipinski definition) is 7. The first-order valence-corrected chi connectivity index (χ1v) is 13.8. The number of halogens is 3. The average molecular weight is 522 g/mol. The van der Waals surface area contributed by atoms with Crippen LogP contribution in [0.5, 0.6) is 0 Å². The van der Waals surface area contributed by atoms with E-state index in [0.717, 1.165) is 12.3 Å². The molecule has 1 heterocycles. The van der Waals surface area contributed by atoms with Crippen molar-refractivity contribution in [2.45, 2.75) is 49.6 Å². The van der Waals surface area contributed by atoms with Crippen molar-refractivity contribution in [3.8, 4) is 11.1 Å². The zero-order valence-corrected chi connectivity index (χ0v) is 20.2. The minimum atomic E-state index is -4.96. The summed E-state index contributed by atoms with van der Waals surface area (Å²) in [6.45, 7) is 1.78. The van der Waals surface area contributed by atoms with Gasteiger partial charge in [0.2, 0.25) is 26.0 Å². The van der Waals surface area contributed by atoms with Gasteiger partial charge in [0.1, 0.15) is 0 Å². The number of alkyl halides is 3. The quantitative estimate of drug-likeness (QED) is 0.527. The zero-order chi connectivity index (χ0) is 25.5. The van der Waals surface area contributed by atoms with Crippen LogP contribution in [0.3, 0.4) is 0 Å². The van der Waals surface area contributed by atoms with E-state index in [4.69, 9.17) is 10.9 Å². The molecule has 0 radical (unpaired) electrons. The van der Waals surface area contributed by atoms with Crippen LogP contribution in [0.25, 0.3) is 11.1 Å². The lowest BCUT2D eigenvalue weighted by atomic mass is 9.76. The molecule has 5 N–H and O–H groups in total. The average Bonchev–Trinajstić information content (AvgIpc) is 2.70. The highest BCUT2D eigenvalue weighted by molar-refractivity contribution is 7.89. The summed E-state index contributed by atoms with van der Waals surface area (Å²) in [6, 6.07) is 2.21. The van der Waals surface area contributed by atoms with E-state index in [1.165, 1.54) is 12.3 Å². The number of nitrogens with two attached hydrogens (primary N) is 2. The molecule has 9 nitrogen and oxygen atoms in total. The molecule has 3 rings (SSSR count). The molecular formula is C20H26F3N5O4S2. The molecule has 188 valence electrons. The fourth-order valence-corrected chi connectivity index (χ4v) is 5.71. The molecule has 0 amide bonds. The van der Waals surface area contributed by atoms with Crippen molar-refractivity contribution >= 4 is 26.0 Å². The van der Waals surface area contributed by atoms with Crippen molar-refractivity contribution in [3.63, 3.8) is 0 Å². The maximum absolute atomic E-state index is 14.2. The van der Waals surface area contributed by atoms with E-state index in [1.807, 2.05) is 0 Å². The van der Waals surface area contributed by atoms with E-state index in [-0.39, 0.29) is 29.5 Å². The zero-order valence-electron chi connectivity index (χ0n) is 18.6. The number of nitrogen functional groups attached to an aromatic ring is 1. The van der Waals surface area contributed by atoms with Gasteiger partial charge in [-0.25, -0.2) is 36.7 Å². The third-order valence-electron chi connectivity index (χ3n) is 5.95. The number of rotatable bonds is 6. The number of primary sulfonamides is 1.